The van der Waals surface area contributed by atoms with Crippen molar-refractivity contribution < 1.29 is 19.4 Å². The topological polar surface area (TPSA) is 84.1 Å². The summed E-state index contributed by atoms with van der Waals surface area (Å²) in [4.78, 5) is 30.2. The van der Waals surface area contributed by atoms with E-state index in [0.29, 0.717) is 24.5 Å². The molecule has 3 heterocycles. The minimum absolute atomic E-state index is 0.0606. The molecule has 7 heteroatoms. The van der Waals surface area contributed by atoms with Gasteiger partial charge in [0.1, 0.15) is 18.0 Å². The highest BCUT2D eigenvalue weighted by Gasteiger charge is 2.37. The number of carbonyl (C=O) groups excluding carboxylic acids is 1. The molecular formula is C22H23N3O4. The van der Waals surface area contributed by atoms with E-state index in [2.05, 4.69) is 4.98 Å². The number of aliphatic carboxylic acids is 1. The van der Waals surface area contributed by atoms with Gasteiger partial charge in [0.15, 0.2) is 0 Å². The molecule has 2 aromatic heterocycles. The standard InChI is InChI=1S/C22H23N3O4/c1-14-6-7-20-23-17(11-24(20)9-14)13-29-18-5-3-4-16(8-18)21(26)25-10-15(2)19(12-25)22(27)28/h3-9,11,15,19H,10,12-13H2,1-2H3,(H,27,28)/t15-,19-/m1/s1. The molecule has 1 aliphatic heterocycles. The third-order valence-corrected chi connectivity index (χ3v) is 5.33. The third kappa shape index (κ3) is 3.94. The lowest BCUT2D eigenvalue weighted by molar-refractivity contribution is -0.142. The first-order valence-electron chi connectivity index (χ1n) is 9.60. The lowest BCUT2D eigenvalue weighted by Gasteiger charge is -2.16. The minimum Gasteiger partial charge on any atom is -0.487 e. The van der Waals surface area contributed by atoms with Gasteiger partial charge in [-0.15, -0.1) is 0 Å². The number of hydrogen-bond donors (Lipinski definition) is 1. The number of aromatic nitrogens is 2. The molecule has 1 amide bonds. The van der Waals surface area contributed by atoms with Crippen molar-refractivity contribution in [3.05, 3.63) is 65.6 Å². The average molecular weight is 393 g/mol. The Morgan fingerprint density at radius 1 is 1.21 bits per heavy atom. The molecule has 3 aromatic rings. The van der Waals surface area contributed by atoms with Gasteiger partial charge in [0.25, 0.3) is 5.91 Å². The number of fused-ring (bicyclic) bond motifs is 1. The molecule has 0 radical (unpaired) electrons. The quantitative estimate of drug-likeness (QED) is 0.720. The predicted octanol–water partition coefficient (Wildman–Crippen LogP) is 3.01. The Hall–Kier alpha value is -3.35. The van der Waals surface area contributed by atoms with Gasteiger partial charge in [0, 0.05) is 31.0 Å². The van der Waals surface area contributed by atoms with Crippen molar-refractivity contribution in [3.8, 4) is 5.75 Å². The summed E-state index contributed by atoms with van der Waals surface area (Å²) >= 11 is 0. The summed E-state index contributed by atoms with van der Waals surface area (Å²) in [5.74, 6) is -1.03. The number of benzene rings is 1. The molecule has 0 bridgehead atoms. The van der Waals surface area contributed by atoms with E-state index in [0.717, 1.165) is 16.9 Å². The van der Waals surface area contributed by atoms with Crippen molar-refractivity contribution in [3.63, 3.8) is 0 Å². The smallest absolute Gasteiger partial charge is 0.308 e. The fraction of sp³-hybridized carbons (Fsp3) is 0.318. The van der Waals surface area contributed by atoms with E-state index >= 15 is 0 Å². The molecule has 4 rings (SSSR count). The fourth-order valence-electron chi connectivity index (χ4n) is 3.74. The third-order valence-electron chi connectivity index (χ3n) is 5.33. The molecule has 2 atom stereocenters. The molecule has 1 aliphatic rings. The number of pyridine rings is 1. The zero-order valence-electron chi connectivity index (χ0n) is 16.4. The van der Waals surface area contributed by atoms with Crippen molar-refractivity contribution in [1.29, 1.82) is 0 Å². The Balaban J connectivity index is 1.44. The number of aryl methyl sites for hydroxylation is 1. The molecule has 1 N–H and O–H groups in total. The monoisotopic (exact) mass is 393 g/mol. The van der Waals surface area contributed by atoms with Gasteiger partial charge in [0.05, 0.1) is 11.6 Å². The number of ether oxygens (including phenoxy) is 1. The van der Waals surface area contributed by atoms with E-state index in [9.17, 15) is 14.7 Å². The highest BCUT2D eigenvalue weighted by molar-refractivity contribution is 5.95. The predicted molar refractivity (Wildman–Crippen MR) is 107 cm³/mol. The van der Waals surface area contributed by atoms with Crippen LogP contribution in [0.15, 0.2) is 48.8 Å². The van der Waals surface area contributed by atoms with E-state index in [-0.39, 0.29) is 18.4 Å². The van der Waals surface area contributed by atoms with Crippen LogP contribution in [0.5, 0.6) is 5.75 Å². The first-order chi connectivity index (χ1) is 13.9. The first kappa shape index (κ1) is 19.0. The number of carbonyl (C=O) groups is 2. The molecule has 7 nitrogen and oxygen atoms in total. The van der Waals surface area contributed by atoms with Crippen molar-refractivity contribution in [1.82, 2.24) is 14.3 Å². The Morgan fingerprint density at radius 3 is 2.79 bits per heavy atom. The zero-order chi connectivity index (χ0) is 20.5. The summed E-state index contributed by atoms with van der Waals surface area (Å²) in [7, 11) is 0. The maximum absolute atomic E-state index is 12.8. The maximum atomic E-state index is 12.8. The van der Waals surface area contributed by atoms with E-state index in [1.54, 1.807) is 29.2 Å². The summed E-state index contributed by atoms with van der Waals surface area (Å²) in [6, 6.07) is 10.9. The highest BCUT2D eigenvalue weighted by Crippen LogP contribution is 2.25. The summed E-state index contributed by atoms with van der Waals surface area (Å²) in [5.41, 5.74) is 3.29. The highest BCUT2D eigenvalue weighted by atomic mass is 16.5. The van der Waals surface area contributed by atoms with Crippen molar-refractivity contribution >= 4 is 17.5 Å². The number of rotatable bonds is 5. The van der Waals surface area contributed by atoms with E-state index in [1.165, 1.54) is 0 Å². The van der Waals surface area contributed by atoms with Gasteiger partial charge >= 0.3 is 5.97 Å². The molecule has 0 aliphatic carbocycles. The van der Waals surface area contributed by atoms with E-state index in [4.69, 9.17) is 4.74 Å². The van der Waals surface area contributed by atoms with Gasteiger partial charge in [0.2, 0.25) is 0 Å². The maximum Gasteiger partial charge on any atom is 0.308 e. The van der Waals surface area contributed by atoms with E-state index < -0.39 is 11.9 Å². The number of imidazole rings is 1. The normalized spacial score (nSPS) is 18.9. The van der Waals surface area contributed by atoms with Crippen molar-refractivity contribution in [2.75, 3.05) is 13.1 Å². The number of carboxylic acids is 1. The Bertz CT molecular complexity index is 1070. The molecule has 1 fully saturated rings. The van der Waals surface area contributed by atoms with Gasteiger partial charge in [-0.3, -0.25) is 9.59 Å². The summed E-state index contributed by atoms with van der Waals surface area (Å²) in [6.07, 6.45) is 3.93. The van der Waals surface area contributed by atoms with Crippen molar-refractivity contribution in [2.45, 2.75) is 20.5 Å². The van der Waals surface area contributed by atoms with Crippen molar-refractivity contribution in [2.24, 2.45) is 11.8 Å². The summed E-state index contributed by atoms with van der Waals surface area (Å²) < 4.78 is 7.80. The number of likely N-dealkylation sites (tertiary alicyclic amines) is 1. The van der Waals surface area contributed by atoms with Crippen LogP contribution in [0.4, 0.5) is 0 Å². The molecule has 29 heavy (non-hydrogen) atoms. The molecule has 0 spiro atoms. The van der Waals surface area contributed by atoms with Crippen LogP contribution in [0.3, 0.4) is 0 Å². The largest absolute Gasteiger partial charge is 0.487 e. The van der Waals surface area contributed by atoms with Gasteiger partial charge in [-0.05, 0) is 42.7 Å². The lowest BCUT2D eigenvalue weighted by Crippen LogP contribution is -2.29. The lowest BCUT2D eigenvalue weighted by atomic mass is 9.99. The number of carboxylic acid groups (broad SMARTS) is 1. The first-order valence-corrected chi connectivity index (χ1v) is 9.60. The number of hydrogen-bond acceptors (Lipinski definition) is 4. The van der Waals surface area contributed by atoms with Gasteiger partial charge < -0.3 is 19.1 Å². The number of amides is 1. The van der Waals surface area contributed by atoms with Crippen LogP contribution in [0.25, 0.3) is 5.65 Å². The second kappa shape index (κ2) is 7.58. The fourth-order valence-corrected chi connectivity index (χ4v) is 3.74. The second-order valence-corrected chi connectivity index (χ2v) is 7.65. The zero-order valence-corrected chi connectivity index (χ0v) is 16.4. The Kier molecular flexibility index (Phi) is 4.96. The van der Waals surface area contributed by atoms with Crippen LogP contribution in [0.1, 0.15) is 28.5 Å². The SMILES string of the molecule is Cc1ccc2nc(COc3cccc(C(=O)N4C[C@@H](C)[C@H](C(=O)O)C4)c3)cn2c1. The second-order valence-electron chi connectivity index (χ2n) is 7.65. The molecule has 1 aromatic carbocycles. The van der Waals surface area contributed by atoms with Gasteiger partial charge in [-0.1, -0.05) is 19.1 Å². The van der Waals surface area contributed by atoms with Gasteiger partial charge in [-0.25, -0.2) is 4.98 Å². The van der Waals surface area contributed by atoms with E-state index in [1.807, 2.05) is 42.8 Å². The Labute approximate surface area is 168 Å². The minimum atomic E-state index is -0.854. The van der Waals surface area contributed by atoms with Crippen LogP contribution >= 0.6 is 0 Å². The van der Waals surface area contributed by atoms with Crippen LogP contribution in [0, 0.1) is 18.8 Å². The van der Waals surface area contributed by atoms with Gasteiger partial charge in [-0.2, -0.15) is 0 Å². The molecule has 1 saturated heterocycles. The average Bonchev–Trinajstić information content (AvgIpc) is 3.28. The van der Waals surface area contributed by atoms with Crippen LogP contribution < -0.4 is 4.74 Å². The molecule has 150 valence electrons. The molecule has 0 saturated carbocycles. The summed E-state index contributed by atoms with van der Waals surface area (Å²) in [6.45, 7) is 4.86. The van der Waals surface area contributed by atoms with Crippen LogP contribution in [0.2, 0.25) is 0 Å². The van der Waals surface area contributed by atoms with Crippen LogP contribution in [-0.2, 0) is 11.4 Å². The number of nitrogens with zero attached hydrogens (tertiary/aromatic N) is 3. The molecular weight excluding hydrogens is 370 g/mol. The van der Waals surface area contributed by atoms with Crippen LogP contribution in [-0.4, -0.2) is 44.4 Å². The summed E-state index contributed by atoms with van der Waals surface area (Å²) in [5, 5.41) is 9.28. The molecule has 0 unspecified atom stereocenters. The Morgan fingerprint density at radius 2 is 2.03 bits per heavy atom.